The van der Waals surface area contributed by atoms with Gasteiger partial charge in [0, 0.05) is 18.7 Å². The first-order valence-electron chi connectivity index (χ1n) is 12.4. The quantitative estimate of drug-likeness (QED) is 0.416. The molecular weight excluding hydrogens is 455 g/mol. The molecule has 1 N–H and O–H groups in total. The number of aromatic amines is 1. The van der Waals surface area contributed by atoms with E-state index in [-0.39, 0.29) is 16.9 Å². The Bertz CT molecular complexity index is 1480. The number of pyridine rings is 1. The van der Waals surface area contributed by atoms with Crippen LogP contribution in [0.25, 0.3) is 16.5 Å². The van der Waals surface area contributed by atoms with Crippen molar-refractivity contribution in [2.24, 2.45) is 0 Å². The summed E-state index contributed by atoms with van der Waals surface area (Å²) in [5, 5.41) is 13.8. The van der Waals surface area contributed by atoms with E-state index in [4.69, 9.17) is 0 Å². The third kappa shape index (κ3) is 4.37. The van der Waals surface area contributed by atoms with Gasteiger partial charge in [-0.3, -0.25) is 9.69 Å². The summed E-state index contributed by atoms with van der Waals surface area (Å²) in [4.78, 5) is 18.9. The second-order valence-electron chi connectivity index (χ2n) is 10.1. The van der Waals surface area contributed by atoms with Crippen LogP contribution < -0.4 is 5.56 Å². The molecule has 0 radical (unpaired) electrons. The van der Waals surface area contributed by atoms with E-state index in [1.165, 1.54) is 17.7 Å². The monoisotopic (exact) mass is 486 g/mol. The first kappa shape index (κ1) is 24.1. The van der Waals surface area contributed by atoms with Crippen molar-refractivity contribution in [1.29, 1.82) is 0 Å². The Morgan fingerprint density at radius 3 is 2.64 bits per heavy atom. The zero-order valence-corrected chi connectivity index (χ0v) is 21.1. The molecular formula is C28H31FN6O. The number of aromatic nitrogens is 5. The summed E-state index contributed by atoms with van der Waals surface area (Å²) in [6, 6.07) is 14.2. The topological polar surface area (TPSA) is 79.7 Å². The van der Waals surface area contributed by atoms with Crippen LogP contribution >= 0.6 is 0 Å². The first-order valence-corrected chi connectivity index (χ1v) is 12.4. The van der Waals surface area contributed by atoms with E-state index in [9.17, 15) is 9.18 Å². The van der Waals surface area contributed by atoms with E-state index in [0.717, 1.165) is 34.9 Å². The Hall–Kier alpha value is -3.65. The van der Waals surface area contributed by atoms with E-state index in [1.54, 1.807) is 0 Å². The maximum Gasteiger partial charge on any atom is 0.253 e. The molecule has 0 amide bonds. The third-order valence-electron chi connectivity index (χ3n) is 7.41. The molecule has 1 aliphatic rings. The van der Waals surface area contributed by atoms with Gasteiger partial charge < -0.3 is 4.98 Å². The van der Waals surface area contributed by atoms with Crippen LogP contribution in [0.5, 0.6) is 0 Å². The Balaban J connectivity index is 1.61. The predicted octanol–water partition coefficient (Wildman–Crippen LogP) is 4.99. The number of halogens is 1. The van der Waals surface area contributed by atoms with Crippen molar-refractivity contribution >= 4 is 16.5 Å². The number of nitrogens with one attached hydrogen (secondary N) is 1. The first-order chi connectivity index (χ1) is 17.3. The molecule has 1 atom stereocenters. The highest BCUT2D eigenvalue weighted by Crippen LogP contribution is 2.33. The van der Waals surface area contributed by atoms with Gasteiger partial charge in [-0.15, -0.1) is 5.10 Å². The number of fused-ring (bicyclic) bond motifs is 1. The third-order valence-corrected chi connectivity index (χ3v) is 7.41. The summed E-state index contributed by atoms with van der Waals surface area (Å²) in [7, 11) is 0. The van der Waals surface area contributed by atoms with Crippen LogP contribution in [-0.4, -0.2) is 43.2 Å². The maximum atomic E-state index is 13.5. The predicted molar refractivity (Wildman–Crippen MR) is 139 cm³/mol. The number of para-hydroxylation sites is 1. The van der Waals surface area contributed by atoms with E-state index < -0.39 is 6.04 Å². The number of H-pyrrole nitrogens is 1. The minimum absolute atomic E-state index is 0.140. The van der Waals surface area contributed by atoms with E-state index in [2.05, 4.69) is 52.3 Å². The van der Waals surface area contributed by atoms with Crippen molar-refractivity contribution in [3.05, 3.63) is 93.3 Å². The van der Waals surface area contributed by atoms with Gasteiger partial charge >= 0.3 is 0 Å². The lowest BCUT2D eigenvalue weighted by Crippen LogP contribution is -2.40. The van der Waals surface area contributed by atoms with Crippen LogP contribution in [0.1, 0.15) is 62.2 Å². The highest BCUT2D eigenvalue weighted by Gasteiger charge is 2.35. The fourth-order valence-corrected chi connectivity index (χ4v) is 4.89. The van der Waals surface area contributed by atoms with E-state index in [1.807, 2.05) is 48.0 Å². The van der Waals surface area contributed by atoms with Crippen molar-refractivity contribution in [2.75, 3.05) is 13.1 Å². The number of rotatable bonds is 6. The second-order valence-corrected chi connectivity index (χ2v) is 10.1. The standard InChI is InChI=1S/C28H31FN6O/c1-5-28(3,4)35-26(31-32-33-35)25(23-17-21-8-6-7-18(2)24(21)30-27(23)36)34-15-13-20(14-16-34)19-9-11-22(29)12-10-19/h6-13,17,25H,5,14-16H2,1-4H3,(H,30,36). The molecule has 36 heavy (non-hydrogen) atoms. The van der Waals surface area contributed by atoms with Crippen molar-refractivity contribution in [2.45, 2.75) is 52.1 Å². The molecule has 1 aliphatic heterocycles. The number of nitrogens with zero attached hydrogens (tertiary/aromatic N) is 5. The molecule has 2 aromatic heterocycles. The summed E-state index contributed by atoms with van der Waals surface area (Å²) < 4.78 is 15.3. The van der Waals surface area contributed by atoms with E-state index >= 15 is 0 Å². The van der Waals surface area contributed by atoms with Crippen LogP contribution in [0, 0.1) is 12.7 Å². The molecule has 0 saturated heterocycles. The minimum Gasteiger partial charge on any atom is -0.321 e. The summed E-state index contributed by atoms with van der Waals surface area (Å²) in [5.74, 6) is 0.408. The molecule has 3 heterocycles. The van der Waals surface area contributed by atoms with Gasteiger partial charge in [-0.25, -0.2) is 9.07 Å². The lowest BCUT2D eigenvalue weighted by Gasteiger charge is -2.35. The lowest BCUT2D eigenvalue weighted by molar-refractivity contribution is 0.211. The summed E-state index contributed by atoms with van der Waals surface area (Å²) in [6.07, 6.45) is 3.76. The number of hydrogen-bond acceptors (Lipinski definition) is 5. The fourth-order valence-electron chi connectivity index (χ4n) is 4.89. The van der Waals surface area contributed by atoms with Gasteiger partial charge in [0.1, 0.15) is 11.9 Å². The van der Waals surface area contributed by atoms with E-state index in [0.29, 0.717) is 24.5 Å². The van der Waals surface area contributed by atoms with Crippen LogP contribution in [0.2, 0.25) is 0 Å². The van der Waals surface area contributed by atoms with Gasteiger partial charge in [0.15, 0.2) is 5.82 Å². The van der Waals surface area contributed by atoms with Crippen LogP contribution in [-0.2, 0) is 5.54 Å². The van der Waals surface area contributed by atoms with Gasteiger partial charge in [-0.05, 0) is 84.3 Å². The molecule has 4 aromatic rings. The molecule has 0 fully saturated rings. The Kier molecular flexibility index (Phi) is 6.30. The molecule has 8 heteroatoms. The number of tetrazole rings is 1. The van der Waals surface area contributed by atoms with Crippen molar-refractivity contribution in [3.63, 3.8) is 0 Å². The highest BCUT2D eigenvalue weighted by atomic mass is 19.1. The molecule has 0 saturated carbocycles. The maximum absolute atomic E-state index is 13.5. The van der Waals surface area contributed by atoms with Gasteiger partial charge in [-0.2, -0.15) is 0 Å². The summed E-state index contributed by atoms with van der Waals surface area (Å²) in [6.45, 7) is 9.61. The Morgan fingerprint density at radius 1 is 1.17 bits per heavy atom. The smallest absolute Gasteiger partial charge is 0.253 e. The highest BCUT2D eigenvalue weighted by molar-refractivity contribution is 5.82. The van der Waals surface area contributed by atoms with Crippen molar-refractivity contribution in [3.8, 4) is 0 Å². The average molecular weight is 487 g/mol. The van der Waals surface area contributed by atoms with Crippen molar-refractivity contribution in [1.82, 2.24) is 30.1 Å². The van der Waals surface area contributed by atoms with Gasteiger partial charge in [-0.1, -0.05) is 43.3 Å². The minimum atomic E-state index is -0.425. The Morgan fingerprint density at radius 2 is 1.94 bits per heavy atom. The summed E-state index contributed by atoms with van der Waals surface area (Å²) >= 11 is 0. The second kappa shape index (κ2) is 9.43. The van der Waals surface area contributed by atoms with Gasteiger partial charge in [0.25, 0.3) is 5.56 Å². The molecule has 2 aromatic carbocycles. The van der Waals surface area contributed by atoms with Crippen LogP contribution in [0.4, 0.5) is 4.39 Å². The zero-order chi connectivity index (χ0) is 25.4. The SMILES string of the molecule is CCC(C)(C)n1nnnc1C(c1cc2cccc(C)c2[nH]c1=O)N1CC=C(c2ccc(F)cc2)CC1. The fraction of sp³-hybridized carbons (Fsp3) is 0.357. The Labute approximate surface area is 209 Å². The summed E-state index contributed by atoms with van der Waals surface area (Å²) in [5.41, 5.74) is 4.21. The van der Waals surface area contributed by atoms with Gasteiger partial charge in [0.05, 0.1) is 11.1 Å². The van der Waals surface area contributed by atoms with Crippen molar-refractivity contribution < 1.29 is 4.39 Å². The normalized spacial score (nSPS) is 15.8. The molecule has 0 spiro atoms. The molecule has 7 nitrogen and oxygen atoms in total. The molecule has 5 rings (SSSR count). The molecule has 0 aliphatic carbocycles. The zero-order valence-electron chi connectivity index (χ0n) is 21.1. The number of hydrogen-bond donors (Lipinski definition) is 1. The van der Waals surface area contributed by atoms with Crippen LogP contribution in [0.15, 0.2) is 59.4 Å². The average Bonchev–Trinajstić information content (AvgIpc) is 3.37. The van der Waals surface area contributed by atoms with Crippen LogP contribution in [0.3, 0.4) is 0 Å². The largest absolute Gasteiger partial charge is 0.321 e. The molecule has 1 unspecified atom stereocenters. The molecule has 0 bridgehead atoms. The lowest BCUT2D eigenvalue weighted by atomic mass is 9.95. The molecule has 186 valence electrons. The van der Waals surface area contributed by atoms with Gasteiger partial charge in [0.2, 0.25) is 0 Å². The number of benzene rings is 2. The number of aryl methyl sites for hydroxylation is 1.